The van der Waals surface area contributed by atoms with E-state index in [0.29, 0.717) is 6.54 Å². The number of non-ortho nitro benzene ring substituents is 1. The van der Waals surface area contributed by atoms with Gasteiger partial charge in [0.05, 0.1) is 10.2 Å². The summed E-state index contributed by atoms with van der Waals surface area (Å²) in [6.07, 6.45) is 0. The lowest BCUT2D eigenvalue weighted by Crippen LogP contribution is -2.32. The number of nitro benzene ring substituents is 1. The molecule has 0 unspecified atom stereocenters. The van der Waals surface area contributed by atoms with Crippen molar-refractivity contribution in [3.63, 3.8) is 0 Å². The molecular formula is C16H18N2O3S3. The minimum absolute atomic E-state index is 0.0184. The first kappa shape index (κ1) is 18.8. The SMILES string of the molecule is C[C@H](Sc1ccc([N+](=O)[O-])cc1)C(=O)NCCSCc1cccs1. The largest absolute Gasteiger partial charge is 0.354 e. The summed E-state index contributed by atoms with van der Waals surface area (Å²) < 4.78 is 0. The molecular weight excluding hydrogens is 364 g/mol. The lowest BCUT2D eigenvalue weighted by Gasteiger charge is -2.11. The average molecular weight is 383 g/mol. The van der Waals surface area contributed by atoms with Crippen LogP contribution in [0.5, 0.6) is 0 Å². The Hall–Kier alpha value is -1.51. The van der Waals surface area contributed by atoms with E-state index in [1.807, 2.05) is 13.0 Å². The fourth-order valence-electron chi connectivity index (χ4n) is 1.86. The lowest BCUT2D eigenvalue weighted by molar-refractivity contribution is -0.384. The van der Waals surface area contributed by atoms with Crippen molar-refractivity contribution in [2.75, 3.05) is 12.3 Å². The minimum atomic E-state index is -0.432. The van der Waals surface area contributed by atoms with Gasteiger partial charge in [0, 0.05) is 40.0 Å². The smallest absolute Gasteiger partial charge is 0.269 e. The first-order chi connectivity index (χ1) is 11.6. The molecule has 2 aromatic rings. The van der Waals surface area contributed by atoms with E-state index in [-0.39, 0.29) is 16.8 Å². The number of thioether (sulfide) groups is 2. The van der Waals surface area contributed by atoms with Crippen molar-refractivity contribution in [1.82, 2.24) is 5.32 Å². The third kappa shape index (κ3) is 6.18. The molecule has 5 nitrogen and oxygen atoms in total. The fourth-order valence-corrected chi connectivity index (χ4v) is 4.45. The molecule has 1 amide bonds. The normalized spacial score (nSPS) is 11.9. The number of nitro groups is 1. The van der Waals surface area contributed by atoms with E-state index in [1.165, 1.54) is 28.8 Å². The number of nitrogens with one attached hydrogen (secondary N) is 1. The van der Waals surface area contributed by atoms with Gasteiger partial charge >= 0.3 is 0 Å². The van der Waals surface area contributed by atoms with Gasteiger partial charge in [-0.05, 0) is 30.5 Å². The number of hydrogen-bond donors (Lipinski definition) is 1. The first-order valence-corrected chi connectivity index (χ1v) is 10.3. The number of nitrogens with zero attached hydrogens (tertiary/aromatic N) is 1. The van der Waals surface area contributed by atoms with Crippen molar-refractivity contribution in [2.24, 2.45) is 0 Å². The topological polar surface area (TPSA) is 72.2 Å². The molecule has 128 valence electrons. The van der Waals surface area contributed by atoms with Gasteiger partial charge in [-0.3, -0.25) is 14.9 Å². The summed E-state index contributed by atoms with van der Waals surface area (Å²) in [5.41, 5.74) is 0.0548. The molecule has 0 saturated carbocycles. The van der Waals surface area contributed by atoms with Gasteiger partial charge in [-0.1, -0.05) is 6.07 Å². The third-order valence-corrected chi connectivity index (χ3v) is 6.28. The van der Waals surface area contributed by atoms with Crippen LogP contribution in [0.4, 0.5) is 5.69 Å². The van der Waals surface area contributed by atoms with E-state index in [9.17, 15) is 14.9 Å². The lowest BCUT2D eigenvalue weighted by atomic mass is 10.3. The highest BCUT2D eigenvalue weighted by Crippen LogP contribution is 2.25. The number of thiophene rings is 1. The van der Waals surface area contributed by atoms with Gasteiger partial charge in [0.1, 0.15) is 0 Å². The Balaban J connectivity index is 1.66. The summed E-state index contributed by atoms with van der Waals surface area (Å²) in [5, 5.41) is 15.4. The van der Waals surface area contributed by atoms with Gasteiger partial charge in [0.25, 0.3) is 5.69 Å². The van der Waals surface area contributed by atoms with Crippen molar-refractivity contribution in [3.05, 3.63) is 56.8 Å². The Morgan fingerprint density at radius 1 is 1.33 bits per heavy atom. The van der Waals surface area contributed by atoms with Crippen LogP contribution in [0.3, 0.4) is 0 Å². The molecule has 0 aliphatic rings. The number of rotatable bonds is 9. The Morgan fingerprint density at radius 3 is 2.71 bits per heavy atom. The average Bonchev–Trinajstić information content (AvgIpc) is 3.08. The third-order valence-electron chi connectivity index (χ3n) is 3.10. The highest BCUT2D eigenvalue weighted by atomic mass is 32.2. The van der Waals surface area contributed by atoms with Crippen LogP contribution in [-0.4, -0.2) is 28.4 Å². The molecule has 2 rings (SSSR count). The molecule has 0 bridgehead atoms. The van der Waals surface area contributed by atoms with Gasteiger partial charge < -0.3 is 5.32 Å². The van der Waals surface area contributed by atoms with E-state index >= 15 is 0 Å². The highest BCUT2D eigenvalue weighted by molar-refractivity contribution is 8.00. The molecule has 0 fully saturated rings. The van der Waals surface area contributed by atoms with Crippen molar-refractivity contribution >= 4 is 46.5 Å². The maximum Gasteiger partial charge on any atom is 0.269 e. The van der Waals surface area contributed by atoms with Crippen LogP contribution in [0, 0.1) is 10.1 Å². The van der Waals surface area contributed by atoms with Gasteiger partial charge in [0.2, 0.25) is 5.91 Å². The Labute approximate surface area is 153 Å². The molecule has 0 saturated heterocycles. The molecule has 1 atom stereocenters. The number of hydrogen-bond acceptors (Lipinski definition) is 6. The second-order valence-corrected chi connectivity index (χ2v) is 8.49. The van der Waals surface area contributed by atoms with E-state index in [0.717, 1.165) is 16.4 Å². The molecule has 1 aromatic heterocycles. The Morgan fingerprint density at radius 2 is 2.08 bits per heavy atom. The molecule has 0 aliphatic carbocycles. The summed E-state index contributed by atoms with van der Waals surface area (Å²) >= 11 is 4.93. The molecule has 1 heterocycles. The van der Waals surface area contributed by atoms with Crippen LogP contribution in [0.2, 0.25) is 0 Å². The second kappa shape index (κ2) is 9.71. The van der Waals surface area contributed by atoms with Gasteiger partial charge in [-0.15, -0.1) is 23.1 Å². The predicted octanol–water partition coefficient (Wildman–Crippen LogP) is 4.19. The number of benzene rings is 1. The molecule has 1 N–H and O–H groups in total. The van der Waals surface area contributed by atoms with Crippen molar-refractivity contribution in [3.8, 4) is 0 Å². The number of amides is 1. The van der Waals surface area contributed by atoms with Crippen LogP contribution in [0.15, 0.2) is 46.7 Å². The maximum atomic E-state index is 12.1. The van der Waals surface area contributed by atoms with E-state index in [1.54, 1.807) is 35.2 Å². The van der Waals surface area contributed by atoms with Gasteiger partial charge in [-0.2, -0.15) is 11.8 Å². The summed E-state index contributed by atoms with van der Waals surface area (Å²) in [5.74, 6) is 1.83. The molecule has 8 heteroatoms. The zero-order chi connectivity index (χ0) is 17.4. The summed E-state index contributed by atoms with van der Waals surface area (Å²) in [7, 11) is 0. The van der Waals surface area contributed by atoms with Crippen LogP contribution in [0.1, 0.15) is 11.8 Å². The number of carbonyl (C=O) groups excluding carboxylic acids is 1. The van der Waals surface area contributed by atoms with Gasteiger partial charge in [0.15, 0.2) is 0 Å². The van der Waals surface area contributed by atoms with Crippen LogP contribution in [0.25, 0.3) is 0 Å². The quantitative estimate of drug-likeness (QED) is 0.305. The highest BCUT2D eigenvalue weighted by Gasteiger charge is 2.14. The second-order valence-electron chi connectivity index (χ2n) is 4.93. The number of carbonyl (C=O) groups is 1. The predicted molar refractivity (Wildman–Crippen MR) is 102 cm³/mol. The standard InChI is InChI=1S/C16H18N2O3S3/c1-12(24-14-6-4-13(5-7-14)18(20)21)16(19)17-8-10-22-11-15-3-2-9-23-15/h2-7,9,12H,8,10-11H2,1H3,(H,17,19)/t12-/m0/s1. The van der Waals surface area contributed by atoms with E-state index in [4.69, 9.17) is 0 Å². The van der Waals surface area contributed by atoms with Crippen molar-refractivity contribution in [2.45, 2.75) is 22.8 Å². The van der Waals surface area contributed by atoms with E-state index < -0.39 is 4.92 Å². The fraction of sp³-hybridized carbons (Fsp3) is 0.312. The Kier molecular flexibility index (Phi) is 7.61. The maximum absolute atomic E-state index is 12.1. The molecule has 24 heavy (non-hydrogen) atoms. The van der Waals surface area contributed by atoms with Crippen LogP contribution in [-0.2, 0) is 10.5 Å². The molecule has 0 aliphatic heterocycles. The molecule has 0 radical (unpaired) electrons. The van der Waals surface area contributed by atoms with Crippen molar-refractivity contribution < 1.29 is 9.72 Å². The van der Waals surface area contributed by atoms with Crippen molar-refractivity contribution in [1.29, 1.82) is 0 Å². The monoisotopic (exact) mass is 382 g/mol. The Bertz CT molecular complexity index is 660. The van der Waals surface area contributed by atoms with E-state index in [2.05, 4.69) is 16.8 Å². The summed E-state index contributed by atoms with van der Waals surface area (Å²) in [4.78, 5) is 24.4. The molecule has 0 spiro atoms. The zero-order valence-corrected chi connectivity index (χ0v) is 15.6. The van der Waals surface area contributed by atoms with Crippen LogP contribution < -0.4 is 5.32 Å². The summed E-state index contributed by atoms with van der Waals surface area (Å²) in [6, 6.07) is 10.4. The first-order valence-electron chi connectivity index (χ1n) is 7.35. The zero-order valence-electron chi connectivity index (χ0n) is 13.1. The van der Waals surface area contributed by atoms with Gasteiger partial charge in [-0.25, -0.2) is 0 Å². The molecule has 1 aromatic carbocycles. The minimum Gasteiger partial charge on any atom is -0.354 e. The summed E-state index contributed by atoms with van der Waals surface area (Å²) in [6.45, 7) is 2.47. The van der Waals surface area contributed by atoms with Crippen LogP contribution >= 0.6 is 34.9 Å².